The topological polar surface area (TPSA) is 52.3 Å². The van der Waals surface area contributed by atoms with Crippen molar-refractivity contribution in [2.24, 2.45) is 11.7 Å². The largest absolute Gasteiger partial charge is 0.465 e. The summed E-state index contributed by atoms with van der Waals surface area (Å²) in [5, 5.41) is 0. The summed E-state index contributed by atoms with van der Waals surface area (Å²) in [6.07, 6.45) is 3.11. The first-order chi connectivity index (χ1) is 10.3. The number of unbranched alkanes of at least 4 members (excludes halogenated alkanes) is 6. The zero-order valence-electron chi connectivity index (χ0n) is 13.8. The lowest BCUT2D eigenvalue weighted by Gasteiger charge is -2.24. The van der Waals surface area contributed by atoms with Gasteiger partial charge in [-0.25, -0.2) is 0 Å². The Kier molecular flexibility index (Phi) is 11.3. The molecule has 6 heteroatoms. The van der Waals surface area contributed by atoms with Crippen LogP contribution in [0.2, 0.25) is 0 Å². The smallest absolute Gasteiger partial charge is 0.404 e. The molecule has 3 nitrogen and oxygen atoms in total. The van der Waals surface area contributed by atoms with Crippen LogP contribution in [0.5, 0.6) is 0 Å². The summed E-state index contributed by atoms with van der Waals surface area (Å²) in [6.45, 7) is 4.06. The third-order valence-electron chi connectivity index (χ3n) is 3.68. The predicted octanol–water partition coefficient (Wildman–Crippen LogP) is 4.59. The maximum atomic E-state index is 12.8. The van der Waals surface area contributed by atoms with E-state index in [0.29, 0.717) is 12.8 Å². The Morgan fingerprint density at radius 2 is 1.55 bits per heavy atom. The number of ether oxygens (including phenoxy) is 1. The van der Waals surface area contributed by atoms with Gasteiger partial charge in [0.15, 0.2) is 0 Å². The fourth-order valence-corrected chi connectivity index (χ4v) is 2.30. The fourth-order valence-electron chi connectivity index (χ4n) is 2.30. The minimum Gasteiger partial charge on any atom is -0.465 e. The molecule has 0 radical (unpaired) electrons. The number of rotatable bonds is 12. The molecule has 0 saturated heterocycles. The highest BCUT2D eigenvalue weighted by atomic mass is 19.4. The Labute approximate surface area is 131 Å². The van der Waals surface area contributed by atoms with Gasteiger partial charge < -0.3 is 10.5 Å². The molecule has 0 heterocycles. The molecule has 0 aliphatic rings. The molecule has 0 unspecified atom stereocenters. The molecule has 0 aromatic heterocycles. The van der Waals surface area contributed by atoms with Gasteiger partial charge in [0.2, 0.25) is 0 Å². The molecule has 2 N–H and O–H groups in total. The molecule has 132 valence electrons. The van der Waals surface area contributed by atoms with Crippen LogP contribution < -0.4 is 5.73 Å². The van der Waals surface area contributed by atoms with Gasteiger partial charge in [0.1, 0.15) is 6.04 Å². The van der Waals surface area contributed by atoms with E-state index >= 15 is 0 Å². The third kappa shape index (κ3) is 9.28. The maximum Gasteiger partial charge on any atom is 0.404 e. The second-order valence-electron chi connectivity index (χ2n) is 5.75. The minimum atomic E-state index is -4.57. The number of hydrogen-bond acceptors (Lipinski definition) is 3. The zero-order valence-corrected chi connectivity index (χ0v) is 13.8. The van der Waals surface area contributed by atoms with E-state index in [0.717, 1.165) is 32.1 Å². The van der Waals surface area contributed by atoms with E-state index in [2.05, 4.69) is 6.92 Å². The Hall–Kier alpha value is -0.780. The van der Waals surface area contributed by atoms with Gasteiger partial charge in [-0.2, -0.15) is 13.2 Å². The Morgan fingerprint density at radius 1 is 1.00 bits per heavy atom. The second kappa shape index (κ2) is 11.7. The van der Waals surface area contributed by atoms with Crippen molar-refractivity contribution in [2.75, 3.05) is 6.61 Å². The van der Waals surface area contributed by atoms with Gasteiger partial charge >= 0.3 is 12.1 Å². The van der Waals surface area contributed by atoms with Crippen LogP contribution in [0.3, 0.4) is 0 Å². The van der Waals surface area contributed by atoms with Crippen molar-refractivity contribution in [3.63, 3.8) is 0 Å². The summed E-state index contributed by atoms with van der Waals surface area (Å²) in [7, 11) is 0. The van der Waals surface area contributed by atoms with Crippen LogP contribution in [-0.2, 0) is 9.53 Å². The van der Waals surface area contributed by atoms with Gasteiger partial charge in [-0.1, -0.05) is 58.8 Å². The number of hydrogen-bond donors (Lipinski definition) is 1. The van der Waals surface area contributed by atoms with Crippen LogP contribution >= 0.6 is 0 Å². The number of halogens is 3. The van der Waals surface area contributed by atoms with Crippen molar-refractivity contribution < 1.29 is 22.7 Å². The molecule has 0 aliphatic carbocycles. The molecule has 22 heavy (non-hydrogen) atoms. The van der Waals surface area contributed by atoms with E-state index < -0.39 is 24.1 Å². The van der Waals surface area contributed by atoms with E-state index in [1.807, 2.05) is 0 Å². The molecule has 0 bridgehead atoms. The molecular formula is C16H30F3NO2. The van der Waals surface area contributed by atoms with Crippen molar-refractivity contribution in [3.8, 4) is 0 Å². The van der Waals surface area contributed by atoms with Crippen LogP contribution in [0.25, 0.3) is 0 Å². The summed E-state index contributed by atoms with van der Waals surface area (Å²) in [5.41, 5.74) is 5.22. The monoisotopic (exact) mass is 325 g/mol. The number of nitrogens with two attached hydrogens (primary N) is 1. The molecule has 0 fully saturated rings. The van der Waals surface area contributed by atoms with Gasteiger partial charge in [0, 0.05) is 0 Å². The normalized spacial score (nSPS) is 14.6. The summed E-state index contributed by atoms with van der Waals surface area (Å²) >= 11 is 0. The number of carbonyl (C=O) groups is 1. The summed E-state index contributed by atoms with van der Waals surface area (Å²) < 4.78 is 43.2. The first-order valence-corrected chi connectivity index (χ1v) is 8.33. The fraction of sp³-hybridized carbons (Fsp3) is 0.938. The standard InChI is InChI=1S/C16H30F3NO2/c1-3-5-6-7-8-9-10-11-13(14(20)16(17,18)19)15(21)22-12-4-2/h13-14H,3-12,20H2,1-2H3/t13-,14-/m0/s1. The van der Waals surface area contributed by atoms with Crippen molar-refractivity contribution in [1.29, 1.82) is 0 Å². The van der Waals surface area contributed by atoms with Crippen molar-refractivity contribution >= 4 is 5.97 Å². The number of carbonyl (C=O) groups excluding carboxylic acids is 1. The first-order valence-electron chi connectivity index (χ1n) is 8.33. The quantitative estimate of drug-likeness (QED) is 0.422. The maximum absolute atomic E-state index is 12.8. The molecule has 2 atom stereocenters. The molecule has 0 aromatic carbocycles. The van der Waals surface area contributed by atoms with Crippen LogP contribution in [0.4, 0.5) is 13.2 Å². The van der Waals surface area contributed by atoms with Crippen molar-refractivity contribution in [2.45, 2.75) is 83.9 Å². The van der Waals surface area contributed by atoms with Gasteiger partial charge in [-0.15, -0.1) is 0 Å². The SMILES string of the molecule is CCCCCCCCC[C@H](C(=O)OCCC)[C@H](N)C(F)(F)F. The molecule has 0 aromatic rings. The zero-order chi connectivity index (χ0) is 17.0. The molecule has 0 saturated carbocycles. The highest BCUT2D eigenvalue weighted by Gasteiger charge is 2.45. The predicted molar refractivity (Wildman–Crippen MR) is 81.4 cm³/mol. The number of esters is 1. The van der Waals surface area contributed by atoms with Crippen LogP contribution in [0, 0.1) is 5.92 Å². The second-order valence-corrected chi connectivity index (χ2v) is 5.75. The molecule has 0 rings (SSSR count). The molecule has 0 aliphatic heterocycles. The summed E-state index contributed by atoms with van der Waals surface area (Å²) in [6, 6.07) is -2.14. The van der Waals surface area contributed by atoms with E-state index in [1.165, 1.54) is 6.42 Å². The average Bonchev–Trinajstić information content (AvgIpc) is 2.46. The van der Waals surface area contributed by atoms with E-state index in [-0.39, 0.29) is 13.0 Å². The molecule has 0 spiro atoms. The first kappa shape index (κ1) is 21.2. The Bertz CT molecular complexity index is 296. The van der Waals surface area contributed by atoms with Crippen LogP contribution in [0.15, 0.2) is 0 Å². The third-order valence-corrected chi connectivity index (χ3v) is 3.68. The van der Waals surface area contributed by atoms with Crippen molar-refractivity contribution in [1.82, 2.24) is 0 Å². The highest BCUT2D eigenvalue weighted by molar-refractivity contribution is 5.73. The van der Waals surface area contributed by atoms with Crippen LogP contribution in [-0.4, -0.2) is 24.8 Å². The van der Waals surface area contributed by atoms with E-state index in [9.17, 15) is 18.0 Å². The Morgan fingerprint density at radius 3 is 2.05 bits per heavy atom. The summed E-state index contributed by atoms with van der Waals surface area (Å²) in [5.74, 6) is -2.11. The lowest BCUT2D eigenvalue weighted by Crippen LogP contribution is -2.47. The molecule has 0 amide bonds. The summed E-state index contributed by atoms with van der Waals surface area (Å²) in [4.78, 5) is 11.8. The van der Waals surface area contributed by atoms with E-state index in [1.54, 1.807) is 6.92 Å². The van der Waals surface area contributed by atoms with Gasteiger partial charge in [-0.05, 0) is 12.8 Å². The number of alkyl halides is 3. The van der Waals surface area contributed by atoms with Gasteiger partial charge in [0.05, 0.1) is 12.5 Å². The Balaban J connectivity index is 4.27. The minimum absolute atomic E-state index is 0.136. The average molecular weight is 325 g/mol. The lowest BCUT2D eigenvalue weighted by molar-refractivity contribution is -0.177. The lowest BCUT2D eigenvalue weighted by atomic mass is 9.93. The molecular weight excluding hydrogens is 295 g/mol. The van der Waals surface area contributed by atoms with Gasteiger partial charge in [-0.3, -0.25) is 4.79 Å². The highest BCUT2D eigenvalue weighted by Crippen LogP contribution is 2.28. The van der Waals surface area contributed by atoms with Crippen LogP contribution in [0.1, 0.15) is 71.6 Å². The van der Waals surface area contributed by atoms with E-state index in [4.69, 9.17) is 10.5 Å². The van der Waals surface area contributed by atoms with Crippen molar-refractivity contribution in [3.05, 3.63) is 0 Å². The van der Waals surface area contributed by atoms with Gasteiger partial charge in [0.25, 0.3) is 0 Å².